The highest BCUT2D eigenvalue weighted by atomic mass is 32.1. The first-order valence-corrected chi connectivity index (χ1v) is 9.57. The van der Waals surface area contributed by atoms with Gasteiger partial charge in [0, 0.05) is 24.1 Å². The Morgan fingerprint density at radius 2 is 1.77 bits per heavy atom. The molecular formula is C20H21N3O2S. The van der Waals surface area contributed by atoms with Gasteiger partial charge in [0.15, 0.2) is 4.80 Å². The molecule has 3 rings (SSSR count). The fourth-order valence-corrected chi connectivity index (χ4v) is 3.71. The second-order valence-corrected chi connectivity index (χ2v) is 6.83. The summed E-state index contributed by atoms with van der Waals surface area (Å²) in [5.41, 5.74) is 4.33. The summed E-state index contributed by atoms with van der Waals surface area (Å²) in [6.07, 6.45) is 2.00. The van der Waals surface area contributed by atoms with Gasteiger partial charge >= 0.3 is 0 Å². The average molecular weight is 367 g/mol. The number of aromatic nitrogens is 1. The lowest BCUT2D eigenvalue weighted by Crippen LogP contribution is -2.15. The van der Waals surface area contributed by atoms with E-state index < -0.39 is 0 Å². The van der Waals surface area contributed by atoms with Crippen molar-refractivity contribution in [3.63, 3.8) is 0 Å². The van der Waals surface area contributed by atoms with Gasteiger partial charge in [0.2, 0.25) is 0 Å². The van der Waals surface area contributed by atoms with Crippen LogP contribution in [0, 0.1) is 10.1 Å². The van der Waals surface area contributed by atoms with Crippen molar-refractivity contribution in [2.75, 3.05) is 0 Å². The van der Waals surface area contributed by atoms with Crippen LogP contribution in [-0.2, 0) is 13.0 Å². The van der Waals surface area contributed by atoms with Gasteiger partial charge in [0.1, 0.15) is 0 Å². The highest BCUT2D eigenvalue weighted by Crippen LogP contribution is 2.24. The first-order valence-electron chi connectivity index (χ1n) is 8.69. The van der Waals surface area contributed by atoms with Gasteiger partial charge < -0.3 is 4.57 Å². The minimum atomic E-state index is -0.377. The van der Waals surface area contributed by atoms with Crippen LogP contribution in [0.1, 0.15) is 25.8 Å². The van der Waals surface area contributed by atoms with Gasteiger partial charge in [-0.05, 0) is 48.2 Å². The minimum Gasteiger partial charge on any atom is -0.316 e. The quantitative estimate of drug-likeness (QED) is 0.437. The molecule has 0 saturated heterocycles. The Balaban J connectivity index is 2.02. The van der Waals surface area contributed by atoms with Crippen molar-refractivity contribution in [3.8, 4) is 11.3 Å². The lowest BCUT2D eigenvalue weighted by molar-refractivity contribution is -0.384. The molecule has 0 amide bonds. The zero-order valence-corrected chi connectivity index (χ0v) is 15.7. The second-order valence-electron chi connectivity index (χ2n) is 5.99. The molecule has 0 unspecified atom stereocenters. The Kier molecular flexibility index (Phi) is 5.63. The molecule has 0 bridgehead atoms. The predicted molar refractivity (Wildman–Crippen MR) is 106 cm³/mol. The molecule has 0 aliphatic rings. The monoisotopic (exact) mass is 367 g/mol. The SMILES string of the molecule is CCCn1c(-c2ccc([N+](=O)[O-])cc2)csc1=Nc1ccc(CC)cc1. The molecule has 1 heterocycles. The highest BCUT2D eigenvalue weighted by Gasteiger charge is 2.10. The van der Waals surface area contributed by atoms with E-state index >= 15 is 0 Å². The van der Waals surface area contributed by atoms with Crippen molar-refractivity contribution < 1.29 is 4.92 Å². The van der Waals surface area contributed by atoms with E-state index in [-0.39, 0.29) is 10.6 Å². The molecule has 0 radical (unpaired) electrons. The van der Waals surface area contributed by atoms with E-state index in [4.69, 9.17) is 4.99 Å². The molecule has 1 aromatic heterocycles. The maximum Gasteiger partial charge on any atom is 0.269 e. The summed E-state index contributed by atoms with van der Waals surface area (Å²) < 4.78 is 2.18. The number of hydrogen-bond donors (Lipinski definition) is 0. The molecule has 0 aliphatic carbocycles. The van der Waals surface area contributed by atoms with Crippen molar-refractivity contribution in [2.24, 2.45) is 4.99 Å². The number of non-ortho nitro benzene ring substituents is 1. The fraction of sp³-hybridized carbons (Fsp3) is 0.250. The van der Waals surface area contributed by atoms with Crippen molar-refractivity contribution in [1.82, 2.24) is 4.57 Å². The number of rotatable bonds is 6. The van der Waals surface area contributed by atoms with Crippen LogP contribution in [0.15, 0.2) is 58.9 Å². The van der Waals surface area contributed by atoms with Crippen LogP contribution in [0.25, 0.3) is 11.3 Å². The normalized spacial score (nSPS) is 11.7. The molecule has 0 N–H and O–H groups in total. The average Bonchev–Trinajstić information content (AvgIpc) is 3.05. The van der Waals surface area contributed by atoms with Crippen LogP contribution in [0.3, 0.4) is 0 Å². The maximum atomic E-state index is 10.9. The molecule has 0 spiro atoms. The first kappa shape index (κ1) is 18.1. The maximum absolute atomic E-state index is 10.9. The third-order valence-electron chi connectivity index (χ3n) is 4.19. The molecular weight excluding hydrogens is 346 g/mol. The summed E-state index contributed by atoms with van der Waals surface area (Å²) in [5, 5.41) is 12.9. The Bertz CT molecular complexity index is 954. The van der Waals surface area contributed by atoms with Crippen molar-refractivity contribution >= 4 is 22.7 Å². The zero-order valence-electron chi connectivity index (χ0n) is 14.9. The van der Waals surface area contributed by atoms with E-state index in [1.165, 1.54) is 5.56 Å². The van der Waals surface area contributed by atoms with Crippen molar-refractivity contribution in [3.05, 3.63) is 74.4 Å². The Hall–Kier alpha value is -2.73. The molecule has 3 aromatic rings. The van der Waals surface area contributed by atoms with Gasteiger partial charge in [-0.15, -0.1) is 11.3 Å². The lowest BCUT2D eigenvalue weighted by atomic mass is 10.1. The smallest absolute Gasteiger partial charge is 0.269 e. The predicted octanol–water partition coefficient (Wildman–Crippen LogP) is 5.33. The molecule has 0 fully saturated rings. The summed E-state index contributed by atoms with van der Waals surface area (Å²) in [5.74, 6) is 0. The standard InChI is InChI=1S/C20H21N3O2S/c1-3-13-22-19(16-7-11-18(12-8-16)23(24)25)14-26-20(22)21-17-9-5-15(4-2)6-10-17/h5-12,14H,3-4,13H2,1-2H3. The third kappa shape index (κ3) is 3.91. The number of nitro groups is 1. The Labute approximate surface area is 156 Å². The Morgan fingerprint density at radius 3 is 2.35 bits per heavy atom. The first-order chi connectivity index (χ1) is 12.6. The molecule has 134 valence electrons. The topological polar surface area (TPSA) is 60.4 Å². The second kappa shape index (κ2) is 8.10. The summed E-state index contributed by atoms with van der Waals surface area (Å²) in [6, 6.07) is 15.0. The van der Waals surface area contributed by atoms with Crippen LogP contribution in [0.5, 0.6) is 0 Å². The van der Waals surface area contributed by atoms with Crippen LogP contribution >= 0.6 is 11.3 Å². The molecule has 26 heavy (non-hydrogen) atoms. The number of thiazole rings is 1. The largest absolute Gasteiger partial charge is 0.316 e. The van der Waals surface area contributed by atoms with Crippen LogP contribution in [0.4, 0.5) is 11.4 Å². The molecule has 2 aromatic carbocycles. The van der Waals surface area contributed by atoms with Crippen LogP contribution < -0.4 is 4.80 Å². The van der Waals surface area contributed by atoms with Crippen molar-refractivity contribution in [2.45, 2.75) is 33.2 Å². The van der Waals surface area contributed by atoms with Crippen molar-refractivity contribution in [1.29, 1.82) is 0 Å². The van der Waals surface area contributed by atoms with Gasteiger partial charge in [-0.25, -0.2) is 4.99 Å². The molecule has 5 nitrogen and oxygen atoms in total. The van der Waals surface area contributed by atoms with E-state index in [0.29, 0.717) is 0 Å². The molecule has 0 atom stereocenters. The number of nitrogens with zero attached hydrogens (tertiary/aromatic N) is 3. The van der Waals surface area contributed by atoms with Gasteiger partial charge in [-0.1, -0.05) is 26.0 Å². The van der Waals surface area contributed by atoms with E-state index in [9.17, 15) is 10.1 Å². The van der Waals surface area contributed by atoms with Gasteiger partial charge in [0.05, 0.1) is 16.3 Å². The van der Waals surface area contributed by atoms with Gasteiger partial charge in [0.25, 0.3) is 5.69 Å². The minimum absolute atomic E-state index is 0.104. The summed E-state index contributed by atoms with van der Waals surface area (Å²) in [4.78, 5) is 16.2. The van der Waals surface area contributed by atoms with Crippen LogP contribution in [-0.4, -0.2) is 9.49 Å². The number of benzene rings is 2. The van der Waals surface area contributed by atoms with Gasteiger partial charge in [-0.3, -0.25) is 10.1 Å². The summed E-state index contributed by atoms with van der Waals surface area (Å²) in [7, 11) is 0. The number of aryl methyl sites for hydroxylation is 1. The fourth-order valence-electron chi connectivity index (χ4n) is 2.76. The van der Waals surface area contributed by atoms with Gasteiger partial charge in [-0.2, -0.15) is 0 Å². The van der Waals surface area contributed by atoms with E-state index in [0.717, 1.165) is 41.1 Å². The highest BCUT2D eigenvalue weighted by molar-refractivity contribution is 7.07. The third-order valence-corrected chi connectivity index (χ3v) is 5.05. The van der Waals surface area contributed by atoms with E-state index in [2.05, 4.69) is 35.9 Å². The summed E-state index contributed by atoms with van der Waals surface area (Å²) in [6.45, 7) is 5.11. The van der Waals surface area contributed by atoms with Crippen LogP contribution in [0.2, 0.25) is 0 Å². The number of nitro benzene ring substituents is 1. The van der Waals surface area contributed by atoms with E-state index in [1.807, 2.05) is 12.1 Å². The molecule has 0 aliphatic heterocycles. The molecule has 0 saturated carbocycles. The Morgan fingerprint density at radius 1 is 1.08 bits per heavy atom. The lowest BCUT2D eigenvalue weighted by Gasteiger charge is -2.07. The number of hydrogen-bond acceptors (Lipinski definition) is 4. The zero-order chi connectivity index (χ0) is 18.5. The van der Waals surface area contributed by atoms with E-state index in [1.54, 1.807) is 35.6 Å². The molecule has 6 heteroatoms. The summed E-state index contributed by atoms with van der Waals surface area (Å²) >= 11 is 1.59.